The van der Waals surface area contributed by atoms with Crippen LogP contribution < -0.4 is 0 Å². The predicted octanol–water partition coefficient (Wildman–Crippen LogP) is 7.90. The smallest absolute Gasteiger partial charge is 0.410 e. The Labute approximate surface area is 200 Å². The van der Waals surface area contributed by atoms with Gasteiger partial charge in [0.15, 0.2) is 0 Å². The fourth-order valence-electron chi connectivity index (χ4n) is 5.09. The van der Waals surface area contributed by atoms with Gasteiger partial charge in [0.05, 0.1) is 6.54 Å². The van der Waals surface area contributed by atoms with Gasteiger partial charge in [-0.05, 0) is 44.6 Å². The van der Waals surface area contributed by atoms with Gasteiger partial charge in [0.25, 0.3) is 0 Å². The molecule has 1 amide bonds. The highest BCUT2D eigenvalue weighted by atomic mass is 16.6. The lowest BCUT2D eigenvalue weighted by Gasteiger charge is -2.26. The topological polar surface area (TPSA) is 32.8 Å². The van der Waals surface area contributed by atoms with Crippen LogP contribution in [0.4, 0.5) is 4.79 Å². The van der Waals surface area contributed by atoms with Crippen molar-refractivity contribution in [1.29, 1.82) is 0 Å². The minimum atomic E-state index is -0.0970. The average molecular weight is 453 g/mol. The van der Waals surface area contributed by atoms with Crippen molar-refractivity contribution in [3.8, 4) is 0 Å². The van der Waals surface area contributed by atoms with Crippen LogP contribution >= 0.6 is 0 Å². The molecule has 2 atom stereocenters. The molecular formula is C28H56N2O2. The second-order valence-corrected chi connectivity index (χ2v) is 10.6. The van der Waals surface area contributed by atoms with E-state index in [9.17, 15) is 4.79 Å². The summed E-state index contributed by atoms with van der Waals surface area (Å²) in [4.78, 5) is 16.7. The summed E-state index contributed by atoms with van der Waals surface area (Å²) in [7, 11) is 2.22. The first-order valence-electron chi connectivity index (χ1n) is 14.1. The van der Waals surface area contributed by atoms with Gasteiger partial charge in [-0.3, -0.25) is 0 Å². The highest BCUT2D eigenvalue weighted by molar-refractivity contribution is 5.69. The molecule has 0 aliphatic carbocycles. The zero-order chi connectivity index (χ0) is 23.6. The molecule has 1 aliphatic heterocycles. The van der Waals surface area contributed by atoms with E-state index in [0.29, 0.717) is 0 Å². The van der Waals surface area contributed by atoms with Gasteiger partial charge >= 0.3 is 6.09 Å². The van der Waals surface area contributed by atoms with Crippen LogP contribution in [0, 0.1) is 11.8 Å². The molecule has 0 bridgehead atoms. The van der Waals surface area contributed by atoms with E-state index in [1.165, 1.54) is 89.9 Å². The number of ether oxygens (including phenoxy) is 1. The highest BCUT2D eigenvalue weighted by Crippen LogP contribution is 2.21. The molecule has 1 fully saturated rings. The standard InChI is InChI=1S/C28H56N2O2/c1-6-9-12-14-19-26(20-15-13-10-7-2)22-29(5)23-27-24-30(28(31)32-27)21-16-18-25(4)17-11-8-3/h25-27H,6-24H2,1-5H3/t25?,27-/m1/s1. The quantitative estimate of drug-likeness (QED) is 0.166. The Hall–Kier alpha value is -0.770. The van der Waals surface area contributed by atoms with E-state index in [4.69, 9.17) is 4.74 Å². The van der Waals surface area contributed by atoms with Gasteiger partial charge < -0.3 is 14.5 Å². The summed E-state index contributed by atoms with van der Waals surface area (Å²) in [5.74, 6) is 1.55. The largest absolute Gasteiger partial charge is 0.443 e. The van der Waals surface area contributed by atoms with E-state index < -0.39 is 0 Å². The summed E-state index contributed by atoms with van der Waals surface area (Å²) < 4.78 is 5.72. The minimum absolute atomic E-state index is 0.0332. The van der Waals surface area contributed by atoms with E-state index in [2.05, 4.69) is 39.6 Å². The molecule has 1 unspecified atom stereocenters. The van der Waals surface area contributed by atoms with Crippen molar-refractivity contribution >= 4 is 6.09 Å². The molecule has 190 valence electrons. The zero-order valence-electron chi connectivity index (χ0n) is 22.4. The molecule has 1 rings (SSSR count). The normalized spacial score (nSPS) is 17.5. The summed E-state index contributed by atoms with van der Waals surface area (Å²) >= 11 is 0. The summed E-state index contributed by atoms with van der Waals surface area (Å²) in [5.41, 5.74) is 0. The molecular weight excluding hydrogens is 396 g/mol. The molecule has 0 aromatic rings. The molecule has 0 N–H and O–H groups in total. The zero-order valence-corrected chi connectivity index (χ0v) is 22.4. The summed E-state index contributed by atoms with van der Waals surface area (Å²) in [6.45, 7) is 12.8. The first-order valence-corrected chi connectivity index (χ1v) is 14.1. The van der Waals surface area contributed by atoms with E-state index in [1.54, 1.807) is 0 Å². The number of likely N-dealkylation sites (N-methyl/N-ethyl adjacent to an activating group) is 1. The highest BCUT2D eigenvalue weighted by Gasteiger charge is 2.31. The van der Waals surface area contributed by atoms with Crippen molar-refractivity contribution in [2.75, 3.05) is 33.2 Å². The van der Waals surface area contributed by atoms with Crippen molar-refractivity contribution in [1.82, 2.24) is 9.80 Å². The number of nitrogens with zero attached hydrogens (tertiary/aromatic N) is 2. The maximum Gasteiger partial charge on any atom is 0.410 e. The Balaban J connectivity index is 2.35. The molecule has 0 saturated carbocycles. The first-order chi connectivity index (χ1) is 15.5. The predicted molar refractivity (Wildman–Crippen MR) is 138 cm³/mol. The third-order valence-corrected chi connectivity index (χ3v) is 7.14. The number of hydrogen-bond donors (Lipinski definition) is 0. The van der Waals surface area contributed by atoms with Crippen molar-refractivity contribution < 1.29 is 9.53 Å². The molecule has 0 radical (unpaired) electrons. The lowest BCUT2D eigenvalue weighted by molar-refractivity contribution is 0.107. The van der Waals surface area contributed by atoms with Gasteiger partial charge in [-0.2, -0.15) is 0 Å². The molecule has 1 heterocycles. The molecule has 4 nitrogen and oxygen atoms in total. The third-order valence-electron chi connectivity index (χ3n) is 7.14. The van der Waals surface area contributed by atoms with Crippen LogP contribution in [0.1, 0.15) is 124 Å². The lowest BCUT2D eigenvalue weighted by atomic mass is 9.94. The van der Waals surface area contributed by atoms with E-state index >= 15 is 0 Å². The van der Waals surface area contributed by atoms with Crippen LogP contribution in [0.3, 0.4) is 0 Å². The third kappa shape index (κ3) is 13.7. The molecule has 0 aromatic heterocycles. The molecule has 1 aliphatic rings. The van der Waals surface area contributed by atoms with Gasteiger partial charge in [0, 0.05) is 19.6 Å². The maximum absolute atomic E-state index is 12.3. The van der Waals surface area contributed by atoms with Crippen LogP contribution in [0.2, 0.25) is 0 Å². The van der Waals surface area contributed by atoms with Gasteiger partial charge in [-0.1, -0.05) is 98.3 Å². The van der Waals surface area contributed by atoms with Crippen molar-refractivity contribution in [3.05, 3.63) is 0 Å². The average Bonchev–Trinajstić information content (AvgIpc) is 3.11. The summed E-state index contributed by atoms with van der Waals surface area (Å²) in [6.07, 6.45) is 19.7. The Morgan fingerprint density at radius 1 is 0.875 bits per heavy atom. The van der Waals surface area contributed by atoms with Crippen LogP contribution in [-0.4, -0.2) is 55.2 Å². The Morgan fingerprint density at radius 3 is 2.06 bits per heavy atom. The Kier molecular flexibility index (Phi) is 17.0. The molecule has 0 spiro atoms. The van der Waals surface area contributed by atoms with Gasteiger partial charge in [-0.25, -0.2) is 4.79 Å². The number of hydrogen-bond acceptors (Lipinski definition) is 3. The molecule has 0 aromatic carbocycles. The fraction of sp³-hybridized carbons (Fsp3) is 0.964. The van der Waals surface area contributed by atoms with Crippen molar-refractivity contribution in [3.63, 3.8) is 0 Å². The second-order valence-electron chi connectivity index (χ2n) is 10.6. The van der Waals surface area contributed by atoms with Gasteiger partial charge in [0.1, 0.15) is 6.10 Å². The second kappa shape index (κ2) is 18.6. The molecule has 32 heavy (non-hydrogen) atoms. The number of carbonyl (C=O) groups is 1. The number of carbonyl (C=O) groups excluding carboxylic acids is 1. The van der Waals surface area contributed by atoms with Crippen molar-refractivity contribution in [2.45, 2.75) is 130 Å². The summed E-state index contributed by atoms with van der Waals surface area (Å²) in [6, 6.07) is 0. The number of unbranched alkanes of at least 4 members (excludes halogenated alkanes) is 7. The van der Waals surface area contributed by atoms with Crippen LogP contribution in [0.5, 0.6) is 0 Å². The monoisotopic (exact) mass is 452 g/mol. The van der Waals surface area contributed by atoms with Crippen molar-refractivity contribution in [2.24, 2.45) is 11.8 Å². The van der Waals surface area contributed by atoms with E-state index in [-0.39, 0.29) is 12.2 Å². The van der Waals surface area contributed by atoms with Crippen LogP contribution in [0.25, 0.3) is 0 Å². The Bertz CT molecular complexity index is 445. The fourth-order valence-corrected chi connectivity index (χ4v) is 5.09. The molecule has 1 saturated heterocycles. The van der Waals surface area contributed by atoms with Crippen LogP contribution in [-0.2, 0) is 4.74 Å². The lowest BCUT2D eigenvalue weighted by Crippen LogP contribution is -2.35. The van der Waals surface area contributed by atoms with Gasteiger partial charge in [-0.15, -0.1) is 0 Å². The summed E-state index contributed by atoms with van der Waals surface area (Å²) in [5, 5.41) is 0. The van der Waals surface area contributed by atoms with Crippen LogP contribution in [0.15, 0.2) is 0 Å². The first kappa shape index (κ1) is 29.3. The SMILES string of the molecule is CCCCCCC(CCCCCC)CN(C)C[C@@H]1CN(CCCC(C)CCCC)C(=O)O1. The number of cyclic esters (lactones) is 1. The van der Waals surface area contributed by atoms with E-state index in [0.717, 1.165) is 44.4 Å². The van der Waals surface area contributed by atoms with E-state index in [1.807, 2.05) is 4.90 Å². The number of rotatable bonds is 21. The molecule has 4 heteroatoms. The van der Waals surface area contributed by atoms with Gasteiger partial charge in [0.2, 0.25) is 0 Å². The minimum Gasteiger partial charge on any atom is -0.443 e. The number of amides is 1. The Morgan fingerprint density at radius 2 is 1.47 bits per heavy atom. The maximum atomic E-state index is 12.3.